The molecular formula is C42H53N3O10S+2. The largest absolute Gasteiger partial charge is 0.494 e. The van der Waals surface area contributed by atoms with Gasteiger partial charge in [-0.05, 0) is 87.4 Å². The first-order valence-corrected chi connectivity index (χ1v) is 20.9. The van der Waals surface area contributed by atoms with Crippen molar-refractivity contribution in [3.8, 4) is 11.5 Å². The number of carbonyl (C=O) groups is 4. The Morgan fingerprint density at radius 3 is 2.14 bits per heavy atom. The molecule has 1 aromatic heterocycles. The van der Waals surface area contributed by atoms with E-state index < -0.39 is 39.6 Å². The maximum atomic E-state index is 14.4. The monoisotopic (exact) mass is 791 g/mol. The molecule has 0 aliphatic carbocycles. The molecule has 1 aliphatic rings. The molecule has 4 aromatic rings. The van der Waals surface area contributed by atoms with Crippen LogP contribution in [0.25, 0.3) is 21.8 Å². The van der Waals surface area contributed by atoms with Crippen LogP contribution < -0.4 is 14.0 Å². The van der Waals surface area contributed by atoms with Crippen LogP contribution in [0, 0.1) is 13.8 Å². The molecule has 1 fully saturated rings. The fourth-order valence-electron chi connectivity index (χ4n) is 7.15. The van der Waals surface area contributed by atoms with Crippen molar-refractivity contribution in [1.82, 2.24) is 5.06 Å². The van der Waals surface area contributed by atoms with Crippen LogP contribution in [0.4, 0.5) is 0 Å². The van der Waals surface area contributed by atoms with Crippen LogP contribution in [0.2, 0.25) is 0 Å². The lowest BCUT2D eigenvalue weighted by molar-refractivity contribution is -0.890. The Balaban J connectivity index is 1.41. The number of carbonyl (C=O) groups excluding carboxylic acids is 4. The van der Waals surface area contributed by atoms with Crippen LogP contribution >= 0.6 is 0 Å². The summed E-state index contributed by atoms with van der Waals surface area (Å²) in [5.74, 6) is -2.38. The lowest BCUT2D eigenvalue weighted by Gasteiger charge is -2.29. The third-order valence-electron chi connectivity index (χ3n) is 10.1. The predicted molar refractivity (Wildman–Crippen MR) is 211 cm³/mol. The zero-order chi connectivity index (χ0) is 40.6. The minimum Gasteiger partial charge on any atom is -0.494 e. The average Bonchev–Trinajstić information content (AvgIpc) is 3.46. The number of imide groups is 1. The Morgan fingerprint density at radius 2 is 1.46 bits per heavy atom. The van der Waals surface area contributed by atoms with Crippen molar-refractivity contribution in [3.05, 3.63) is 76.9 Å². The Bertz CT molecular complexity index is 2200. The summed E-state index contributed by atoms with van der Waals surface area (Å²) in [7, 11) is 0.377. The van der Waals surface area contributed by atoms with Crippen molar-refractivity contribution in [2.24, 2.45) is 0 Å². The number of ether oxygens (including phenoxy) is 2. The van der Waals surface area contributed by atoms with Crippen molar-refractivity contribution < 1.29 is 55.5 Å². The number of hydrogen-bond acceptors (Lipinski definition) is 9. The van der Waals surface area contributed by atoms with Gasteiger partial charge in [0.2, 0.25) is 11.0 Å². The summed E-state index contributed by atoms with van der Waals surface area (Å²) in [5, 5.41) is 1.57. The van der Waals surface area contributed by atoms with E-state index in [4.69, 9.17) is 14.3 Å². The van der Waals surface area contributed by atoms with Gasteiger partial charge in [0.05, 0.1) is 61.4 Å². The molecule has 13 nitrogen and oxygen atoms in total. The van der Waals surface area contributed by atoms with E-state index in [1.807, 2.05) is 28.8 Å². The molecule has 0 atom stereocenters. The highest BCUT2D eigenvalue weighted by molar-refractivity contribution is 7.85. The molecule has 1 N–H and O–H groups in total. The lowest BCUT2D eigenvalue weighted by Crippen LogP contribution is -2.41. The molecule has 2 heterocycles. The van der Waals surface area contributed by atoms with Crippen LogP contribution in [-0.4, -0.2) is 85.8 Å². The summed E-state index contributed by atoms with van der Waals surface area (Å²) in [4.78, 5) is 56.4. The number of amides is 2. The average molecular weight is 792 g/mol. The second kappa shape index (κ2) is 18.4. The van der Waals surface area contributed by atoms with Gasteiger partial charge < -0.3 is 18.8 Å². The summed E-state index contributed by atoms with van der Waals surface area (Å²) < 4.78 is 47.9. The number of esters is 1. The van der Waals surface area contributed by atoms with E-state index in [2.05, 4.69) is 21.0 Å². The number of pyridine rings is 1. The minimum atomic E-state index is -4.19. The Hall–Kier alpha value is -4.92. The van der Waals surface area contributed by atoms with Crippen LogP contribution in [0.15, 0.2) is 54.6 Å². The minimum absolute atomic E-state index is 0.0301. The summed E-state index contributed by atoms with van der Waals surface area (Å²) in [5.41, 5.74) is 2.53. The number of benzene rings is 3. The number of hydrogen-bond donors (Lipinski definition) is 1. The van der Waals surface area contributed by atoms with Crippen LogP contribution in [0.1, 0.15) is 96.6 Å². The van der Waals surface area contributed by atoms with Crippen molar-refractivity contribution in [2.45, 2.75) is 85.1 Å². The number of quaternary nitrogens is 1. The van der Waals surface area contributed by atoms with Crippen molar-refractivity contribution in [3.63, 3.8) is 0 Å². The first-order valence-electron chi connectivity index (χ1n) is 19.3. The smallest absolute Gasteiger partial charge is 0.363 e. The number of para-hydroxylation sites is 1. The molecule has 3 aromatic carbocycles. The summed E-state index contributed by atoms with van der Waals surface area (Å²) >= 11 is 0. The second-order valence-corrected chi connectivity index (χ2v) is 16.7. The summed E-state index contributed by atoms with van der Waals surface area (Å²) in [6, 6.07) is 15.6. The molecule has 0 unspecified atom stereocenters. The highest BCUT2D eigenvalue weighted by Crippen LogP contribution is 2.32. The topological polar surface area (TPSA) is 157 Å². The van der Waals surface area contributed by atoms with Gasteiger partial charge in [0.25, 0.3) is 21.9 Å². The first kappa shape index (κ1) is 42.2. The van der Waals surface area contributed by atoms with Gasteiger partial charge in [-0.1, -0.05) is 25.5 Å². The third kappa shape index (κ3) is 10.7. The van der Waals surface area contributed by atoms with E-state index >= 15 is 0 Å². The van der Waals surface area contributed by atoms with E-state index in [1.54, 1.807) is 32.0 Å². The van der Waals surface area contributed by atoms with E-state index in [0.717, 1.165) is 36.7 Å². The van der Waals surface area contributed by atoms with Gasteiger partial charge in [-0.25, -0.2) is 9.59 Å². The molecule has 0 bridgehead atoms. The highest BCUT2D eigenvalue weighted by Gasteiger charge is 2.34. The molecule has 56 heavy (non-hydrogen) atoms. The SMILES string of the molecule is CCCC[N+](C)(C)CCCCCCOc1ccc2c(c1)c(C(=O)Oc1c(C)cc(C(=O)ON3C(=O)CCC3=O)cc1C)c1ccccc1[n+]2CCCS(=O)(=O)O. The van der Waals surface area contributed by atoms with Gasteiger partial charge in [-0.15, -0.1) is 5.06 Å². The molecule has 0 saturated carbocycles. The van der Waals surface area contributed by atoms with Crippen molar-refractivity contribution >= 4 is 55.7 Å². The number of hydroxylamine groups is 2. The number of nitrogens with zero attached hydrogens (tertiary/aromatic N) is 3. The Morgan fingerprint density at radius 1 is 0.821 bits per heavy atom. The molecule has 14 heteroatoms. The molecule has 1 aliphatic heterocycles. The maximum Gasteiger partial charge on any atom is 0.363 e. The number of aromatic nitrogens is 1. The standard InChI is InChI=1S/C42H52N3O10S/c1-6-7-22-45(4,5)23-12-8-9-13-24-53-32-17-18-36-34(28-32)39(33-15-10-11-16-35(33)43(36)21-14-25-56(50,51)52)42(49)54-40-29(2)26-31(27-30(40)3)41(48)55-44-37(46)19-20-38(44)47/h10-11,15-18,26-28H,6-9,12-14,19-25H2,1-5H3/q+1/p+1. The number of rotatable bonds is 19. The number of unbranched alkanes of at least 4 members (excludes halogenated alkanes) is 4. The van der Waals surface area contributed by atoms with E-state index in [9.17, 15) is 32.1 Å². The fraction of sp³-hybridized carbons (Fsp3) is 0.452. The Labute approximate surface area is 328 Å². The highest BCUT2D eigenvalue weighted by atomic mass is 32.2. The Kier molecular flexibility index (Phi) is 13.8. The molecule has 0 spiro atoms. The van der Waals surface area contributed by atoms with Crippen molar-refractivity contribution in [1.29, 1.82) is 0 Å². The fourth-order valence-corrected chi connectivity index (χ4v) is 7.65. The van der Waals surface area contributed by atoms with E-state index in [-0.39, 0.29) is 42.7 Å². The first-order chi connectivity index (χ1) is 26.6. The quantitative estimate of drug-likeness (QED) is 0.0164. The molecular weight excluding hydrogens is 739 g/mol. The van der Waals surface area contributed by atoms with Crippen molar-refractivity contribution in [2.75, 3.05) is 39.5 Å². The zero-order valence-electron chi connectivity index (χ0n) is 33.0. The van der Waals surface area contributed by atoms with Crippen LogP contribution in [0.5, 0.6) is 11.5 Å². The normalized spacial score (nSPS) is 13.5. The van der Waals surface area contributed by atoms with E-state index in [1.165, 1.54) is 31.5 Å². The third-order valence-corrected chi connectivity index (χ3v) is 10.9. The molecule has 2 amide bonds. The zero-order valence-corrected chi connectivity index (χ0v) is 33.8. The predicted octanol–water partition coefficient (Wildman–Crippen LogP) is 6.43. The van der Waals surface area contributed by atoms with Gasteiger partial charge in [0, 0.05) is 31.4 Å². The molecule has 0 radical (unpaired) electrons. The molecule has 5 rings (SSSR count). The van der Waals surface area contributed by atoms with Crippen LogP contribution in [-0.2, 0) is 31.1 Å². The molecule has 1 saturated heterocycles. The molecule has 300 valence electrons. The maximum absolute atomic E-state index is 14.4. The lowest BCUT2D eigenvalue weighted by atomic mass is 10.0. The van der Waals surface area contributed by atoms with Gasteiger partial charge in [0.1, 0.15) is 11.5 Å². The second-order valence-electron chi connectivity index (χ2n) is 15.2. The summed E-state index contributed by atoms with van der Waals surface area (Å²) in [6.07, 6.45) is 6.65. The van der Waals surface area contributed by atoms with Gasteiger partial charge in [-0.3, -0.25) is 14.1 Å². The van der Waals surface area contributed by atoms with Gasteiger partial charge in [-0.2, -0.15) is 13.0 Å². The number of aryl methyl sites for hydroxylation is 3. The summed E-state index contributed by atoms with van der Waals surface area (Å²) in [6.45, 7) is 8.61. The van der Waals surface area contributed by atoms with Crippen LogP contribution in [0.3, 0.4) is 0 Å². The van der Waals surface area contributed by atoms with Gasteiger partial charge >= 0.3 is 11.9 Å². The number of fused-ring (bicyclic) bond motifs is 2. The van der Waals surface area contributed by atoms with E-state index in [0.29, 0.717) is 50.4 Å². The van der Waals surface area contributed by atoms with Gasteiger partial charge in [0.15, 0.2) is 6.54 Å².